The van der Waals surface area contributed by atoms with Crippen LogP contribution in [-0.2, 0) is 11.3 Å². The van der Waals surface area contributed by atoms with Gasteiger partial charge >= 0.3 is 6.09 Å². The summed E-state index contributed by atoms with van der Waals surface area (Å²) in [5.74, 6) is 0.401. The first-order valence-electron chi connectivity index (χ1n) is 8.61. The minimum absolute atomic E-state index is 0.172. The lowest BCUT2D eigenvalue weighted by molar-refractivity contribution is 0.0284. The molecule has 0 aromatic heterocycles. The third-order valence-corrected chi connectivity index (χ3v) is 4.42. The SMILES string of the molecule is CSc1ccc(Oc2ccc(C#N)cc2CN(C)C(=O)OC(C)(C)C)cc1F. The fourth-order valence-electron chi connectivity index (χ4n) is 2.37. The maximum atomic E-state index is 14.0. The molecular formula is C21H23FN2O3S. The summed E-state index contributed by atoms with van der Waals surface area (Å²) in [4.78, 5) is 14.2. The Balaban J connectivity index is 2.27. The van der Waals surface area contributed by atoms with Crippen molar-refractivity contribution >= 4 is 17.9 Å². The van der Waals surface area contributed by atoms with Crippen LogP contribution in [-0.4, -0.2) is 29.9 Å². The highest BCUT2D eigenvalue weighted by molar-refractivity contribution is 7.98. The van der Waals surface area contributed by atoms with Crippen LogP contribution >= 0.6 is 11.8 Å². The van der Waals surface area contributed by atoms with E-state index in [0.717, 1.165) is 0 Å². The van der Waals surface area contributed by atoms with Gasteiger partial charge in [-0.25, -0.2) is 9.18 Å². The molecule has 0 radical (unpaired) electrons. The molecule has 0 saturated carbocycles. The second-order valence-electron chi connectivity index (χ2n) is 7.17. The van der Waals surface area contributed by atoms with E-state index in [9.17, 15) is 14.4 Å². The van der Waals surface area contributed by atoms with Crippen molar-refractivity contribution in [2.45, 2.75) is 37.8 Å². The number of rotatable bonds is 5. The molecule has 0 saturated heterocycles. The first kappa shape index (κ1) is 21.6. The van der Waals surface area contributed by atoms with E-state index in [1.807, 2.05) is 0 Å². The fourth-order valence-corrected chi connectivity index (χ4v) is 2.83. The van der Waals surface area contributed by atoms with Crippen molar-refractivity contribution < 1.29 is 18.7 Å². The van der Waals surface area contributed by atoms with E-state index in [-0.39, 0.29) is 12.4 Å². The molecule has 7 heteroatoms. The lowest BCUT2D eigenvalue weighted by atomic mass is 10.1. The van der Waals surface area contributed by atoms with Gasteiger partial charge in [-0.05, 0) is 57.4 Å². The normalized spacial score (nSPS) is 10.9. The summed E-state index contributed by atoms with van der Waals surface area (Å²) in [6.45, 7) is 5.54. The third kappa shape index (κ3) is 5.89. The van der Waals surface area contributed by atoms with Crippen LogP contribution in [0.15, 0.2) is 41.3 Å². The Morgan fingerprint density at radius 3 is 2.54 bits per heavy atom. The van der Waals surface area contributed by atoms with Gasteiger partial charge in [0.25, 0.3) is 0 Å². The number of hydrogen-bond donors (Lipinski definition) is 0. The molecule has 0 N–H and O–H groups in total. The molecule has 0 aliphatic rings. The predicted molar refractivity (Wildman–Crippen MR) is 107 cm³/mol. The molecule has 0 atom stereocenters. The van der Waals surface area contributed by atoms with Gasteiger partial charge in [-0.3, -0.25) is 0 Å². The topological polar surface area (TPSA) is 62.6 Å². The van der Waals surface area contributed by atoms with Crippen LogP contribution in [0, 0.1) is 17.1 Å². The van der Waals surface area contributed by atoms with Crippen LogP contribution in [0.3, 0.4) is 0 Å². The van der Waals surface area contributed by atoms with E-state index >= 15 is 0 Å². The Morgan fingerprint density at radius 1 is 1.25 bits per heavy atom. The summed E-state index contributed by atoms with van der Waals surface area (Å²) >= 11 is 1.31. The van der Waals surface area contributed by atoms with Crippen LogP contribution < -0.4 is 4.74 Å². The van der Waals surface area contributed by atoms with Crippen LogP contribution in [0.25, 0.3) is 0 Å². The van der Waals surface area contributed by atoms with E-state index < -0.39 is 11.7 Å². The summed E-state index contributed by atoms with van der Waals surface area (Å²) in [7, 11) is 1.60. The van der Waals surface area contributed by atoms with Crippen molar-refractivity contribution in [3.8, 4) is 17.6 Å². The zero-order valence-corrected chi connectivity index (χ0v) is 17.4. The molecule has 0 heterocycles. The smallest absolute Gasteiger partial charge is 0.410 e. The number of ether oxygens (including phenoxy) is 2. The molecule has 0 spiro atoms. The Kier molecular flexibility index (Phi) is 6.92. The molecule has 2 aromatic carbocycles. The quantitative estimate of drug-likeness (QED) is 0.611. The highest BCUT2D eigenvalue weighted by Gasteiger charge is 2.21. The number of nitriles is 1. The summed E-state index contributed by atoms with van der Waals surface area (Å²) in [5, 5.41) is 9.18. The second kappa shape index (κ2) is 8.98. The van der Waals surface area contributed by atoms with Gasteiger partial charge < -0.3 is 14.4 Å². The molecule has 2 aromatic rings. The molecule has 0 aliphatic heterocycles. The summed E-state index contributed by atoms with van der Waals surface area (Å²) < 4.78 is 25.2. The molecule has 148 valence electrons. The minimum Gasteiger partial charge on any atom is -0.457 e. The predicted octanol–water partition coefficient (Wildman–Crippen LogP) is 5.58. The van der Waals surface area contributed by atoms with Gasteiger partial charge in [0.1, 0.15) is 22.9 Å². The largest absolute Gasteiger partial charge is 0.457 e. The van der Waals surface area contributed by atoms with Crippen LogP contribution in [0.4, 0.5) is 9.18 Å². The molecule has 0 aliphatic carbocycles. The standard InChI is InChI=1S/C21H23FN2O3S/c1-21(2,3)27-20(25)24(4)13-15-10-14(12-23)6-8-18(15)26-16-7-9-19(28-5)17(22)11-16/h6-11H,13H2,1-5H3. The second-order valence-corrected chi connectivity index (χ2v) is 8.02. The van der Waals surface area contributed by atoms with E-state index in [1.54, 1.807) is 64.4 Å². The average molecular weight is 402 g/mol. The fraction of sp³-hybridized carbons (Fsp3) is 0.333. The van der Waals surface area contributed by atoms with Crippen molar-refractivity contribution in [2.75, 3.05) is 13.3 Å². The maximum Gasteiger partial charge on any atom is 0.410 e. The number of amides is 1. The number of carbonyl (C=O) groups excluding carboxylic acids is 1. The number of hydrogen-bond acceptors (Lipinski definition) is 5. The van der Waals surface area contributed by atoms with Gasteiger partial charge in [-0.15, -0.1) is 11.8 Å². The highest BCUT2D eigenvalue weighted by Crippen LogP contribution is 2.30. The average Bonchev–Trinajstić information content (AvgIpc) is 2.61. The first-order valence-corrected chi connectivity index (χ1v) is 9.84. The number of benzene rings is 2. The number of nitrogens with zero attached hydrogens (tertiary/aromatic N) is 2. The summed E-state index contributed by atoms with van der Waals surface area (Å²) in [6.07, 6.45) is 1.31. The zero-order chi connectivity index (χ0) is 20.9. The third-order valence-electron chi connectivity index (χ3n) is 3.65. The maximum absolute atomic E-state index is 14.0. The summed E-state index contributed by atoms with van der Waals surface area (Å²) in [6, 6.07) is 11.6. The van der Waals surface area contributed by atoms with Crippen molar-refractivity contribution in [2.24, 2.45) is 0 Å². The monoisotopic (exact) mass is 402 g/mol. The van der Waals surface area contributed by atoms with Crippen molar-refractivity contribution in [3.05, 3.63) is 53.3 Å². The van der Waals surface area contributed by atoms with Gasteiger partial charge in [0.15, 0.2) is 0 Å². The zero-order valence-electron chi connectivity index (χ0n) is 16.6. The van der Waals surface area contributed by atoms with E-state index in [0.29, 0.717) is 27.5 Å². The molecule has 1 amide bonds. The van der Waals surface area contributed by atoms with Crippen LogP contribution in [0.1, 0.15) is 31.9 Å². The van der Waals surface area contributed by atoms with Gasteiger partial charge in [0.05, 0.1) is 18.2 Å². The Labute approximate surface area is 169 Å². The number of carbonyl (C=O) groups is 1. The Bertz CT molecular complexity index is 903. The van der Waals surface area contributed by atoms with Gasteiger partial charge in [-0.2, -0.15) is 5.26 Å². The van der Waals surface area contributed by atoms with Crippen molar-refractivity contribution in [3.63, 3.8) is 0 Å². The van der Waals surface area contributed by atoms with Gasteiger partial charge in [-0.1, -0.05) is 0 Å². The minimum atomic E-state index is -0.615. The van der Waals surface area contributed by atoms with Crippen molar-refractivity contribution in [1.29, 1.82) is 5.26 Å². The Morgan fingerprint density at radius 2 is 1.96 bits per heavy atom. The van der Waals surface area contributed by atoms with E-state index in [1.165, 1.54) is 22.7 Å². The van der Waals surface area contributed by atoms with E-state index in [2.05, 4.69) is 6.07 Å². The highest BCUT2D eigenvalue weighted by atomic mass is 32.2. The molecule has 0 unspecified atom stereocenters. The molecule has 0 fully saturated rings. The molecule has 28 heavy (non-hydrogen) atoms. The van der Waals surface area contributed by atoms with Gasteiger partial charge in [0, 0.05) is 23.6 Å². The molecular weight excluding hydrogens is 379 g/mol. The molecule has 2 rings (SSSR count). The van der Waals surface area contributed by atoms with Crippen LogP contribution in [0.5, 0.6) is 11.5 Å². The summed E-state index contributed by atoms with van der Waals surface area (Å²) in [5.41, 5.74) is 0.432. The van der Waals surface area contributed by atoms with Gasteiger partial charge in [0.2, 0.25) is 0 Å². The Hall–Kier alpha value is -2.72. The molecule has 5 nitrogen and oxygen atoms in total. The van der Waals surface area contributed by atoms with Crippen LogP contribution in [0.2, 0.25) is 0 Å². The lowest BCUT2D eigenvalue weighted by Crippen LogP contribution is -2.33. The molecule has 0 bridgehead atoms. The first-order chi connectivity index (χ1) is 13.1. The lowest BCUT2D eigenvalue weighted by Gasteiger charge is -2.25. The van der Waals surface area contributed by atoms with Crippen molar-refractivity contribution in [1.82, 2.24) is 4.90 Å². The number of thioether (sulfide) groups is 1. The number of halogens is 1. The van der Waals surface area contributed by atoms with E-state index in [4.69, 9.17) is 9.47 Å².